The number of hydrogen-bond acceptors (Lipinski definition) is 1. The van der Waals surface area contributed by atoms with Crippen LogP contribution in [0, 0.1) is 6.92 Å². The molecule has 1 heteroatoms. The average Bonchev–Trinajstić information content (AvgIpc) is 3.68. The van der Waals surface area contributed by atoms with Gasteiger partial charge in [-0.15, -0.1) is 0 Å². The molecule has 1 aliphatic carbocycles. The fourth-order valence-corrected chi connectivity index (χ4v) is 10.6. The van der Waals surface area contributed by atoms with Gasteiger partial charge < -0.3 is 4.90 Å². The van der Waals surface area contributed by atoms with E-state index in [0.717, 1.165) is 0 Å². The lowest BCUT2D eigenvalue weighted by atomic mass is 9.61. The summed E-state index contributed by atoms with van der Waals surface area (Å²) < 4.78 is 0. The summed E-state index contributed by atoms with van der Waals surface area (Å²) in [6.45, 7) is 7.43. The minimum absolute atomic E-state index is 0.0469. The number of fused-ring (bicyclic) bond motifs is 9. The van der Waals surface area contributed by atoms with Crippen LogP contribution in [0.25, 0.3) is 75.8 Å². The van der Waals surface area contributed by atoms with E-state index in [-0.39, 0.29) is 11.0 Å². The number of para-hydroxylation sites is 1. The quantitative estimate of drug-likeness (QED) is 0.187. The fraction of sp³-hybridized carbons (Fsp3) is 0.191. The predicted molar refractivity (Wildman–Crippen MR) is 207 cm³/mol. The minimum Gasteiger partial charge on any atom is -0.334 e. The molecule has 0 bridgehead atoms. The van der Waals surface area contributed by atoms with Gasteiger partial charge in [0.25, 0.3) is 0 Å². The maximum absolute atomic E-state index is 2.71. The number of nitrogens with zero attached hydrogens (tertiary/aromatic N) is 1. The van der Waals surface area contributed by atoms with Gasteiger partial charge in [-0.05, 0) is 150 Å². The molecular formula is C47H37N. The van der Waals surface area contributed by atoms with Crippen molar-refractivity contribution in [2.45, 2.75) is 57.4 Å². The summed E-state index contributed by atoms with van der Waals surface area (Å²) >= 11 is 0. The Hall–Kier alpha value is -5.14. The Kier molecular flexibility index (Phi) is 5.07. The van der Waals surface area contributed by atoms with Crippen molar-refractivity contribution in [1.29, 1.82) is 0 Å². The summed E-state index contributed by atoms with van der Waals surface area (Å²) in [7, 11) is 0. The van der Waals surface area contributed by atoms with Crippen LogP contribution >= 0.6 is 0 Å². The van der Waals surface area contributed by atoms with Crippen LogP contribution in [0.3, 0.4) is 0 Å². The molecule has 1 heterocycles. The second-order valence-electron chi connectivity index (χ2n) is 15.2. The van der Waals surface area contributed by atoms with Crippen LogP contribution in [-0.2, 0) is 5.41 Å². The van der Waals surface area contributed by atoms with Crippen molar-refractivity contribution < 1.29 is 0 Å². The highest BCUT2D eigenvalue weighted by atomic mass is 15.3. The van der Waals surface area contributed by atoms with Crippen molar-refractivity contribution in [3.63, 3.8) is 0 Å². The van der Waals surface area contributed by atoms with Gasteiger partial charge in [-0.1, -0.05) is 105 Å². The monoisotopic (exact) mass is 615 g/mol. The molecule has 48 heavy (non-hydrogen) atoms. The molecule has 11 rings (SSSR count). The third-order valence-corrected chi connectivity index (χ3v) is 13.0. The van der Waals surface area contributed by atoms with Crippen LogP contribution < -0.4 is 4.90 Å². The van der Waals surface area contributed by atoms with Gasteiger partial charge >= 0.3 is 0 Å². The fourth-order valence-electron chi connectivity index (χ4n) is 10.6. The molecule has 230 valence electrons. The normalized spacial score (nSPS) is 21.0. The van der Waals surface area contributed by atoms with E-state index in [1.807, 2.05) is 0 Å². The highest BCUT2D eigenvalue weighted by molar-refractivity contribution is 6.38. The first-order chi connectivity index (χ1) is 23.5. The molecule has 0 spiro atoms. The van der Waals surface area contributed by atoms with Crippen molar-refractivity contribution in [1.82, 2.24) is 0 Å². The lowest BCUT2D eigenvalue weighted by molar-refractivity contribution is 0.195. The molecule has 9 aromatic carbocycles. The summed E-state index contributed by atoms with van der Waals surface area (Å²) in [6.07, 6.45) is 5.02. The number of rotatable bonds is 2. The molecule has 9 aromatic rings. The number of benzene rings is 7. The molecule has 1 aliphatic heterocycles. The summed E-state index contributed by atoms with van der Waals surface area (Å²) in [5.41, 5.74) is 8.47. The Morgan fingerprint density at radius 1 is 0.521 bits per heavy atom. The van der Waals surface area contributed by atoms with E-state index in [2.05, 4.69) is 147 Å². The highest BCUT2D eigenvalue weighted by Crippen LogP contribution is 2.62. The zero-order chi connectivity index (χ0) is 31.9. The van der Waals surface area contributed by atoms with E-state index in [1.54, 1.807) is 0 Å². The van der Waals surface area contributed by atoms with Crippen LogP contribution in [-0.4, -0.2) is 5.54 Å². The summed E-state index contributed by atoms with van der Waals surface area (Å²) in [6, 6.07) is 46.5. The summed E-state index contributed by atoms with van der Waals surface area (Å²) in [5.74, 6) is 0. The average molecular weight is 616 g/mol. The summed E-state index contributed by atoms with van der Waals surface area (Å²) in [5, 5.41) is 16.4. The van der Waals surface area contributed by atoms with Gasteiger partial charge in [-0.3, -0.25) is 0 Å². The first kappa shape index (κ1) is 26.9. The molecular weight excluding hydrogens is 579 g/mol. The molecule has 2 atom stereocenters. The Balaban J connectivity index is 1.16. The first-order valence-electron chi connectivity index (χ1n) is 17.7. The second-order valence-corrected chi connectivity index (χ2v) is 15.2. The lowest BCUT2D eigenvalue weighted by Crippen LogP contribution is -2.54. The number of anilines is 2. The van der Waals surface area contributed by atoms with Crippen molar-refractivity contribution in [2.75, 3.05) is 4.90 Å². The molecule has 1 saturated carbocycles. The molecule has 0 aromatic heterocycles. The highest BCUT2D eigenvalue weighted by Gasteiger charge is 2.58. The summed E-state index contributed by atoms with van der Waals surface area (Å²) in [4.78, 5) is 2.71. The second kappa shape index (κ2) is 9.05. The van der Waals surface area contributed by atoms with Gasteiger partial charge in [0.05, 0.1) is 5.54 Å². The maximum Gasteiger partial charge on any atom is 0.0518 e. The van der Waals surface area contributed by atoms with Gasteiger partial charge in [0.2, 0.25) is 0 Å². The molecule has 0 N–H and O–H groups in total. The van der Waals surface area contributed by atoms with E-state index in [4.69, 9.17) is 0 Å². The third kappa shape index (κ3) is 3.14. The van der Waals surface area contributed by atoms with Gasteiger partial charge in [0, 0.05) is 16.8 Å². The Bertz CT molecular complexity index is 2690. The molecule has 2 aliphatic rings. The number of aryl methyl sites for hydroxylation is 1. The van der Waals surface area contributed by atoms with E-state index < -0.39 is 0 Å². The van der Waals surface area contributed by atoms with Gasteiger partial charge in [0.15, 0.2) is 0 Å². The van der Waals surface area contributed by atoms with Crippen LogP contribution in [0.5, 0.6) is 0 Å². The maximum atomic E-state index is 2.71. The standard InChI is InChI=1S/C47H37N/c1-28-24-30(25-42-45(28)48(31-14-5-4-6-15-31)47(3)23-8-7-22-46(42,47)2)32-20-21-37-41-27-39-35-17-10-13-29-12-9-16-34(43(29)35)38(39)26-40(41)36-19-11-18-33(32)44(36)37/h4-6,9-21,24-27H,7-8,22-23H2,1-3H3. The molecule has 2 unspecified atom stereocenters. The van der Waals surface area contributed by atoms with Crippen molar-refractivity contribution in [3.05, 3.63) is 132 Å². The minimum atomic E-state index is 0.0469. The molecule has 1 fully saturated rings. The topological polar surface area (TPSA) is 3.24 Å². The van der Waals surface area contributed by atoms with Crippen LogP contribution in [0.2, 0.25) is 0 Å². The van der Waals surface area contributed by atoms with Crippen molar-refractivity contribution >= 4 is 76.0 Å². The van der Waals surface area contributed by atoms with Gasteiger partial charge in [-0.25, -0.2) is 0 Å². The lowest BCUT2D eigenvalue weighted by Gasteiger charge is -2.50. The van der Waals surface area contributed by atoms with Crippen LogP contribution in [0.4, 0.5) is 11.4 Å². The van der Waals surface area contributed by atoms with Gasteiger partial charge in [0.1, 0.15) is 0 Å². The molecule has 1 nitrogen and oxygen atoms in total. The zero-order valence-electron chi connectivity index (χ0n) is 27.8. The molecule has 0 amide bonds. The predicted octanol–water partition coefficient (Wildman–Crippen LogP) is 13.2. The third-order valence-electron chi connectivity index (χ3n) is 13.0. The molecule has 0 saturated heterocycles. The SMILES string of the molecule is Cc1cc(-c2ccc3c4cc5c(cc4c4cccc2c43)c2cccc3cccc5c32)cc2c1N(c1ccccc1)C1(C)CCCCC21C. The Morgan fingerprint density at radius 3 is 1.83 bits per heavy atom. The van der Waals surface area contributed by atoms with Crippen molar-refractivity contribution in [2.24, 2.45) is 0 Å². The van der Waals surface area contributed by atoms with E-state index >= 15 is 0 Å². The number of hydrogen-bond donors (Lipinski definition) is 0. The van der Waals surface area contributed by atoms with E-state index in [9.17, 15) is 0 Å². The van der Waals surface area contributed by atoms with Crippen molar-refractivity contribution in [3.8, 4) is 11.1 Å². The largest absolute Gasteiger partial charge is 0.334 e. The smallest absolute Gasteiger partial charge is 0.0518 e. The van der Waals surface area contributed by atoms with Crippen LogP contribution in [0.1, 0.15) is 50.7 Å². The Morgan fingerprint density at radius 2 is 1.12 bits per heavy atom. The van der Waals surface area contributed by atoms with Crippen LogP contribution in [0.15, 0.2) is 121 Å². The van der Waals surface area contributed by atoms with E-state index in [0.29, 0.717) is 0 Å². The molecule has 0 radical (unpaired) electrons. The first-order valence-corrected chi connectivity index (χ1v) is 17.7. The zero-order valence-corrected chi connectivity index (χ0v) is 27.8. The van der Waals surface area contributed by atoms with Gasteiger partial charge in [-0.2, -0.15) is 0 Å². The Labute approximate surface area is 281 Å². The van der Waals surface area contributed by atoms with E-state index in [1.165, 1.54) is 124 Å².